The van der Waals surface area contributed by atoms with Crippen LogP contribution in [0.25, 0.3) is 0 Å². The van der Waals surface area contributed by atoms with Gasteiger partial charge in [-0.1, -0.05) is 5.92 Å². The number of hydrogen-bond donors (Lipinski definition) is 0. The predicted molar refractivity (Wildman–Crippen MR) is 70.0 cm³/mol. The zero-order valence-corrected chi connectivity index (χ0v) is 11.0. The molecule has 1 aromatic rings. The first kappa shape index (κ1) is 12.8. The number of aldehydes is 1. The van der Waals surface area contributed by atoms with Crippen molar-refractivity contribution < 1.29 is 14.3 Å². The van der Waals surface area contributed by atoms with Crippen LogP contribution >= 0.6 is 22.6 Å². The standard InChI is InChI=1S/C12H11IO3/c1-3-5-16-12-10(13)6-9(8-14)7-11(12)15-4-2/h1,6-8H,4-5H2,2H3. The summed E-state index contributed by atoms with van der Waals surface area (Å²) in [5.74, 6) is 3.53. The molecular weight excluding hydrogens is 319 g/mol. The second-order valence-corrected chi connectivity index (χ2v) is 4.04. The molecule has 0 fully saturated rings. The molecule has 0 amide bonds. The molecule has 0 saturated heterocycles. The van der Waals surface area contributed by atoms with Gasteiger partial charge in [0.1, 0.15) is 12.9 Å². The summed E-state index contributed by atoms with van der Waals surface area (Å²) in [7, 11) is 0. The Hall–Kier alpha value is -1.22. The van der Waals surface area contributed by atoms with E-state index in [2.05, 4.69) is 28.5 Å². The SMILES string of the molecule is C#CCOc1c(I)cc(C=O)cc1OCC. The van der Waals surface area contributed by atoms with Crippen LogP contribution in [0.4, 0.5) is 0 Å². The molecular formula is C12H11IO3. The second-order valence-electron chi connectivity index (χ2n) is 2.87. The van der Waals surface area contributed by atoms with Gasteiger partial charge in [0.05, 0.1) is 10.2 Å². The van der Waals surface area contributed by atoms with Gasteiger partial charge in [0, 0.05) is 5.56 Å². The van der Waals surface area contributed by atoms with Gasteiger partial charge < -0.3 is 9.47 Å². The van der Waals surface area contributed by atoms with Crippen LogP contribution in [-0.4, -0.2) is 19.5 Å². The molecule has 0 heterocycles. The minimum Gasteiger partial charge on any atom is -0.490 e. The van der Waals surface area contributed by atoms with Crippen LogP contribution in [0.2, 0.25) is 0 Å². The van der Waals surface area contributed by atoms with Crippen molar-refractivity contribution in [3.8, 4) is 23.8 Å². The van der Waals surface area contributed by atoms with Crippen molar-refractivity contribution in [3.63, 3.8) is 0 Å². The Morgan fingerprint density at radius 1 is 1.50 bits per heavy atom. The molecule has 0 N–H and O–H groups in total. The topological polar surface area (TPSA) is 35.5 Å². The highest BCUT2D eigenvalue weighted by Crippen LogP contribution is 2.33. The Kier molecular flexibility index (Phi) is 5.12. The summed E-state index contributed by atoms with van der Waals surface area (Å²) in [5.41, 5.74) is 0.556. The number of carbonyl (C=O) groups is 1. The molecule has 16 heavy (non-hydrogen) atoms. The number of terminal acetylenes is 1. The molecule has 0 atom stereocenters. The van der Waals surface area contributed by atoms with Gasteiger partial charge in [-0.25, -0.2) is 0 Å². The summed E-state index contributed by atoms with van der Waals surface area (Å²) >= 11 is 2.08. The zero-order valence-electron chi connectivity index (χ0n) is 8.83. The Labute approximate surface area is 108 Å². The normalized spacial score (nSPS) is 9.31. The van der Waals surface area contributed by atoms with E-state index in [4.69, 9.17) is 15.9 Å². The lowest BCUT2D eigenvalue weighted by atomic mass is 10.2. The number of ether oxygens (including phenoxy) is 2. The second kappa shape index (κ2) is 6.38. The van der Waals surface area contributed by atoms with Crippen LogP contribution in [0.5, 0.6) is 11.5 Å². The third kappa shape index (κ3) is 3.14. The number of benzene rings is 1. The summed E-state index contributed by atoms with van der Waals surface area (Å²) in [5, 5.41) is 0. The third-order valence-corrected chi connectivity index (χ3v) is 2.57. The maximum Gasteiger partial charge on any atom is 0.175 e. The average Bonchev–Trinajstić information content (AvgIpc) is 2.28. The zero-order chi connectivity index (χ0) is 12.0. The fourth-order valence-electron chi connectivity index (χ4n) is 1.17. The highest BCUT2D eigenvalue weighted by Gasteiger charge is 2.11. The predicted octanol–water partition coefficient (Wildman–Crippen LogP) is 2.51. The van der Waals surface area contributed by atoms with Gasteiger partial charge in [0.2, 0.25) is 0 Å². The number of halogens is 1. The Bertz CT molecular complexity index is 421. The summed E-state index contributed by atoms with van der Waals surface area (Å²) < 4.78 is 11.6. The first-order chi connectivity index (χ1) is 7.72. The van der Waals surface area contributed by atoms with E-state index >= 15 is 0 Å². The minimum absolute atomic E-state index is 0.177. The number of carbonyl (C=O) groups excluding carboxylic acids is 1. The number of hydrogen-bond acceptors (Lipinski definition) is 3. The van der Waals surface area contributed by atoms with Crippen LogP contribution in [0.15, 0.2) is 12.1 Å². The van der Waals surface area contributed by atoms with E-state index in [9.17, 15) is 4.79 Å². The van der Waals surface area contributed by atoms with Gasteiger partial charge in [0.25, 0.3) is 0 Å². The summed E-state index contributed by atoms with van der Waals surface area (Å²) in [4.78, 5) is 10.7. The van der Waals surface area contributed by atoms with Crippen molar-refractivity contribution in [2.75, 3.05) is 13.2 Å². The minimum atomic E-state index is 0.177. The molecule has 0 aliphatic heterocycles. The van der Waals surface area contributed by atoms with Crippen LogP contribution in [0.3, 0.4) is 0 Å². The lowest BCUT2D eigenvalue weighted by Gasteiger charge is -2.12. The van der Waals surface area contributed by atoms with Crippen molar-refractivity contribution in [1.82, 2.24) is 0 Å². The molecule has 0 unspecified atom stereocenters. The van der Waals surface area contributed by atoms with Crippen LogP contribution in [0.1, 0.15) is 17.3 Å². The molecule has 0 bridgehead atoms. The van der Waals surface area contributed by atoms with E-state index in [1.165, 1.54) is 0 Å². The van der Waals surface area contributed by atoms with Gasteiger partial charge in [-0.2, -0.15) is 0 Å². The lowest BCUT2D eigenvalue weighted by Crippen LogP contribution is -2.02. The maximum atomic E-state index is 10.7. The van der Waals surface area contributed by atoms with Crippen molar-refractivity contribution in [1.29, 1.82) is 0 Å². The van der Waals surface area contributed by atoms with Gasteiger partial charge in [-0.3, -0.25) is 4.79 Å². The molecule has 3 nitrogen and oxygen atoms in total. The summed E-state index contributed by atoms with van der Waals surface area (Å²) in [6, 6.07) is 3.37. The van der Waals surface area contributed by atoms with E-state index in [1.807, 2.05) is 6.92 Å². The Morgan fingerprint density at radius 2 is 2.25 bits per heavy atom. The molecule has 84 valence electrons. The summed E-state index contributed by atoms with van der Waals surface area (Å²) in [6.07, 6.45) is 5.91. The molecule has 4 heteroatoms. The first-order valence-corrected chi connectivity index (χ1v) is 5.78. The van der Waals surface area contributed by atoms with Gasteiger partial charge in [0.15, 0.2) is 11.5 Å². The van der Waals surface area contributed by atoms with Crippen molar-refractivity contribution in [3.05, 3.63) is 21.3 Å². The van der Waals surface area contributed by atoms with E-state index < -0.39 is 0 Å². The largest absolute Gasteiger partial charge is 0.490 e. The van der Waals surface area contributed by atoms with Gasteiger partial charge in [-0.05, 0) is 41.6 Å². The van der Waals surface area contributed by atoms with Gasteiger partial charge >= 0.3 is 0 Å². The van der Waals surface area contributed by atoms with Crippen molar-refractivity contribution in [2.24, 2.45) is 0 Å². The molecule has 0 saturated carbocycles. The van der Waals surface area contributed by atoms with Crippen LogP contribution < -0.4 is 9.47 Å². The lowest BCUT2D eigenvalue weighted by molar-refractivity contribution is 0.112. The highest BCUT2D eigenvalue weighted by molar-refractivity contribution is 14.1. The molecule has 0 spiro atoms. The average molecular weight is 330 g/mol. The highest BCUT2D eigenvalue weighted by atomic mass is 127. The van der Waals surface area contributed by atoms with E-state index in [0.29, 0.717) is 23.7 Å². The molecule has 0 radical (unpaired) electrons. The van der Waals surface area contributed by atoms with Crippen molar-refractivity contribution >= 4 is 28.9 Å². The molecule has 0 aliphatic carbocycles. The van der Waals surface area contributed by atoms with Crippen LogP contribution in [-0.2, 0) is 0 Å². The maximum absolute atomic E-state index is 10.7. The molecule has 1 rings (SSSR count). The quantitative estimate of drug-likeness (QED) is 0.473. The van der Waals surface area contributed by atoms with Crippen molar-refractivity contribution in [2.45, 2.75) is 6.92 Å². The van der Waals surface area contributed by atoms with E-state index in [1.54, 1.807) is 12.1 Å². The third-order valence-electron chi connectivity index (χ3n) is 1.77. The fraction of sp³-hybridized carbons (Fsp3) is 0.250. The summed E-state index contributed by atoms with van der Waals surface area (Å²) in [6.45, 7) is 2.55. The Balaban J connectivity index is 3.12. The Morgan fingerprint density at radius 3 is 2.81 bits per heavy atom. The molecule has 0 aromatic heterocycles. The van der Waals surface area contributed by atoms with Gasteiger partial charge in [-0.15, -0.1) is 6.42 Å². The van der Waals surface area contributed by atoms with E-state index in [-0.39, 0.29) is 6.61 Å². The monoisotopic (exact) mass is 330 g/mol. The fourth-order valence-corrected chi connectivity index (χ4v) is 1.95. The first-order valence-electron chi connectivity index (χ1n) is 4.70. The van der Waals surface area contributed by atoms with Crippen LogP contribution in [0, 0.1) is 15.9 Å². The molecule has 0 aliphatic rings. The smallest absolute Gasteiger partial charge is 0.175 e. The number of rotatable bonds is 5. The molecule has 1 aromatic carbocycles. The van der Waals surface area contributed by atoms with E-state index in [0.717, 1.165) is 9.86 Å².